The van der Waals surface area contributed by atoms with Gasteiger partial charge in [0.2, 0.25) is 0 Å². The summed E-state index contributed by atoms with van der Waals surface area (Å²) in [5, 5.41) is 0. The van der Waals surface area contributed by atoms with E-state index in [4.69, 9.17) is 4.52 Å². The molecule has 0 saturated heterocycles. The molecule has 1 aromatic rings. The summed E-state index contributed by atoms with van der Waals surface area (Å²) in [5.74, 6) is 0.627. The number of para-hydroxylation sites is 1. The fourth-order valence-electron chi connectivity index (χ4n) is 0.567. The molecule has 0 aromatic heterocycles. The molecule has 0 fully saturated rings. The van der Waals surface area contributed by atoms with E-state index in [-0.39, 0.29) is 0 Å². The third-order valence-corrected chi connectivity index (χ3v) is 1.75. The van der Waals surface area contributed by atoms with Gasteiger partial charge in [0.25, 0.3) is 0 Å². The van der Waals surface area contributed by atoms with E-state index >= 15 is 0 Å². The van der Waals surface area contributed by atoms with Crippen molar-refractivity contribution in [2.24, 2.45) is 0 Å². The molecule has 0 amide bonds. The molecule has 1 radical (unpaired) electrons. The van der Waals surface area contributed by atoms with Crippen molar-refractivity contribution in [2.75, 3.05) is 0 Å². The fraction of sp³-hybridized carbons (Fsp3) is 0. The summed E-state index contributed by atoms with van der Waals surface area (Å²) in [6.07, 6.45) is 0. The number of hydrogen-bond donors (Lipinski definition) is 0. The molecular formula is C6H5O2PSe+. The SMILES string of the molecule is O=[P+]([Se])Oc1ccccc1. The zero-order valence-electron chi connectivity index (χ0n) is 5.06. The molecule has 51 valence electrons. The third kappa shape index (κ3) is 2.49. The summed E-state index contributed by atoms with van der Waals surface area (Å²) < 4.78 is 15.4. The molecule has 1 rings (SSSR count). The Morgan fingerprint density at radius 2 is 1.90 bits per heavy atom. The zero-order chi connectivity index (χ0) is 7.40. The third-order valence-electron chi connectivity index (χ3n) is 0.923. The molecule has 0 aliphatic heterocycles. The Morgan fingerprint density at radius 1 is 1.30 bits per heavy atom. The molecule has 0 saturated carbocycles. The van der Waals surface area contributed by atoms with Crippen LogP contribution in [0.1, 0.15) is 0 Å². The van der Waals surface area contributed by atoms with Gasteiger partial charge in [0.1, 0.15) is 0 Å². The van der Waals surface area contributed by atoms with Crippen molar-refractivity contribution in [3.05, 3.63) is 30.3 Å². The van der Waals surface area contributed by atoms with Crippen LogP contribution in [0.5, 0.6) is 5.75 Å². The van der Waals surface area contributed by atoms with Crippen LogP contribution in [0.2, 0.25) is 0 Å². The molecule has 1 aromatic carbocycles. The molecule has 2 nitrogen and oxygen atoms in total. The van der Waals surface area contributed by atoms with Gasteiger partial charge in [0, 0.05) is 0 Å². The van der Waals surface area contributed by atoms with Gasteiger partial charge in [-0.15, -0.1) is 0 Å². The Balaban J connectivity index is 2.67. The summed E-state index contributed by atoms with van der Waals surface area (Å²) in [6, 6.07) is 9.04. The van der Waals surface area contributed by atoms with Gasteiger partial charge in [-0.05, 0) is 0 Å². The summed E-state index contributed by atoms with van der Waals surface area (Å²) >= 11 is 2.38. The molecule has 0 heterocycles. The Labute approximate surface area is 67.9 Å². The van der Waals surface area contributed by atoms with E-state index in [1.54, 1.807) is 12.1 Å². The molecular weight excluding hydrogens is 214 g/mol. The van der Waals surface area contributed by atoms with E-state index in [0.29, 0.717) is 5.75 Å². The maximum atomic E-state index is 10.5. The predicted octanol–water partition coefficient (Wildman–Crippen LogP) is 1.89. The fourth-order valence-corrected chi connectivity index (χ4v) is 1.40. The van der Waals surface area contributed by atoms with Gasteiger partial charge < -0.3 is 0 Å². The van der Waals surface area contributed by atoms with Crippen LogP contribution < -0.4 is 4.52 Å². The quantitative estimate of drug-likeness (QED) is 0.560. The van der Waals surface area contributed by atoms with Gasteiger partial charge in [0.05, 0.1) is 0 Å². The average molecular weight is 219 g/mol. The van der Waals surface area contributed by atoms with E-state index in [2.05, 4.69) is 15.6 Å². The first-order valence-corrected chi connectivity index (χ1v) is 6.06. The Morgan fingerprint density at radius 3 is 2.40 bits per heavy atom. The van der Waals surface area contributed by atoms with E-state index in [1.165, 1.54) is 0 Å². The number of hydrogen-bond acceptors (Lipinski definition) is 2. The summed E-state index contributed by atoms with van der Waals surface area (Å²) in [4.78, 5) is 0. The van der Waals surface area contributed by atoms with Gasteiger partial charge in [-0.1, -0.05) is 0 Å². The minimum absolute atomic E-state index is 0.627. The van der Waals surface area contributed by atoms with Crippen LogP contribution in [0.25, 0.3) is 0 Å². The standard InChI is InChI=1S/C6H5O2PSe/c7-9(10)8-6-4-2-1-3-5-6/h1-5H/q+1. The summed E-state index contributed by atoms with van der Waals surface area (Å²) in [5.41, 5.74) is 0. The first-order valence-electron chi connectivity index (χ1n) is 2.66. The zero-order valence-corrected chi connectivity index (χ0v) is 7.67. The van der Waals surface area contributed by atoms with Crippen LogP contribution in [0.15, 0.2) is 30.3 Å². The van der Waals surface area contributed by atoms with Crippen molar-refractivity contribution in [1.82, 2.24) is 0 Å². The van der Waals surface area contributed by atoms with Gasteiger partial charge in [-0.2, -0.15) is 0 Å². The van der Waals surface area contributed by atoms with Crippen molar-refractivity contribution in [3.63, 3.8) is 0 Å². The van der Waals surface area contributed by atoms with E-state index in [1.807, 2.05) is 18.2 Å². The molecule has 0 aliphatic carbocycles. The molecule has 1 atom stereocenters. The molecule has 10 heavy (non-hydrogen) atoms. The number of benzene rings is 1. The average Bonchev–Trinajstić information content (AvgIpc) is 1.88. The normalized spacial score (nSPS) is 10.7. The van der Waals surface area contributed by atoms with Gasteiger partial charge in [-0.3, -0.25) is 0 Å². The van der Waals surface area contributed by atoms with Gasteiger partial charge in [-0.25, -0.2) is 0 Å². The van der Waals surface area contributed by atoms with Crippen LogP contribution in [0.3, 0.4) is 0 Å². The molecule has 4 heteroatoms. The Kier molecular flexibility index (Phi) is 2.88. The summed E-state index contributed by atoms with van der Waals surface area (Å²) in [7, 11) is 0. The van der Waals surface area contributed by atoms with Crippen LogP contribution in [-0.4, -0.2) is 15.6 Å². The van der Waals surface area contributed by atoms with Crippen LogP contribution in [0, 0.1) is 0 Å². The second kappa shape index (κ2) is 3.72. The van der Waals surface area contributed by atoms with E-state index in [0.717, 1.165) is 0 Å². The van der Waals surface area contributed by atoms with Crippen LogP contribution >= 0.6 is 6.72 Å². The minimum atomic E-state index is -1.65. The van der Waals surface area contributed by atoms with E-state index in [9.17, 15) is 4.57 Å². The van der Waals surface area contributed by atoms with E-state index < -0.39 is 6.72 Å². The first-order chi connectivity index (χ1) is 4.79. The predicted molar refractivity (Wildman–Crippen MR) is 40.4 cm³/mol. The molecule has 1 unspecified atom stereocenters. The van der Waals surface area contributed by atoms with Gasteiger partial charge >= 0.3 is 67.5 Å². The van der Waals surface area contributed by atoms with Crippen molar-refractivity contribution in [1.29, 1.82) is 0 Å². The second-order valence-electron chi connectivity index (χ2n) is 1.63. The summed E-state index contributed by atoms with van der Waals surface area (Å²) in [6.45, 7) is -1.65. The molecule has 0 bridgehead atoms. The second-order valence-corrected chi connectivity index (χ2v) is 4.13. The topological polar surface area (TPSA) is 26.3 Å². The van der Waals surface area contributed by atoms with Crippen molar-refractivity contribution >= 4 is 22.3 Å². The van der Waals surface area contributed by atoms with Crippen LogP contribution in [0.4, 0.5) is 0 Å². The van der Waals surface area contributed by atoms with Gasteiger partial charge in [0.15, 0.2) is 0 Å². The van der Waals surface area contributed by atoms with Crippen molar-refractivity contribution in [3.8, 4) is 5.75 Å². The first kappa shape index (κ1) is 7.74. The Bertz CT molecular complexity index is 224. The number of rotatable bonds is 2. The van der Waals surface area contributed by atoms with Crippen molar-refractivity contribution in [2.45, 2.75) is 0 Å². The Hall–Kier alpha value is -0.361. The maximum absolute atomic E-state index is 10.5. The monoisotopic (exact) mass is 220 g/mol. The molecule has 0 N–H and O–H groups in total. The molecule has 0 spiro atoms. The molecule has 0 aliphatic rings. The van der Waals surface area contributed by atoms with Crippen LogP contribution in [-0.2, 0) is 4.57 Å². The van der Waals surface area contributed by atoms with Crippen molar-refractivity contribution < 1.29 is 9.09 Å².